The minimum absolute atomic E-state index is 0.215. The molecule has 0 radical (unpaired) electrons. The fourth-order valence-corrected chi connectivity index (χ4v) is 3.51. The summed E-state index contributed by atoms with van der Waals surface area (Å²) in [5.41, 5.74) is 1.78. The van der Waals surface area contributed by atoms with Gasteiger partial charge >= 0.3 is 0 Å². The van der Waals surface area contributed by atoms with Gasteiger partial charge in [0, 0.05) is 11.3 Å². The maximum atomic E-state index is 11.8. The molecule has 0 saturated heterocycles. The molecule has 0 amide bonds. The van der Waals surface area contributed by atoms with Gasteiger partial charge in [0.25, 0.3) is 0 Å². The van der Waals surface area contributed by atoms with E-state index in [4.69, 9.17) is 25.8 Å². The summed E-state index contributed by atoms with van der Waals surface area (Å²) < 4.78 is 41.0. The lowest BCUT2D eigenvalue weighted by molar-refractivity contribution is -0.119. The highest BCUT2D eigenvalue weighted by atomic mass is 35.5. The molecule has 0 heterocycles. The first-order valence-electron chi connectivity index (χ1n) is 10.1. The topological polar surface area (TPSA) is 90.9 Å². The predicted molar refractivity (Wildman–Crippen MR) is 126 cm³/mol. The average Bonchev–Trinajstić information content (AvgIpc) is 2.76. The van der Waals surface area contributed by atoms with Crippen LogP contribution in [0, 0.1) is 0 Å². The number of alkyl halides is 1. The summed E-state index contributed by atoms with van der Waals surface area (Å²) in [6, 6.07) is 13.3. The van der Waals surface area contributed by atoms with Gasteiger partial charge in [0.1, 0.15) is 12.4 Å². The Kier molecular flexibility index (Phi) is 9.36. The second kappa shape index (κ2) is 11.5. The summed E-state index contributed by atoms with van der Waals surface area (Å²) in [4.78, 5) is 11.8. The zero-order valence-electron chi connectivity index (χ0n) is 18.8. The SMILES string of the molecule is COc1cc(C(C)(C)c2ccc(OCC(=O)CNS(C)(=O)=O)cc2)ccc1OCCCCl. The second-order valence-corrected chi connectivity index (χ2v) is 10.0. The first kappa shape index (κ1) is 26.0. The number of carbonyl (C=O) groups is 1. The average molecular weight is 484 g/mol. The molecule has 0 aliphatic rings. The molecule has 32 heavy (non-hydrogen) atoms. The molecule has 0 aliphatic heterocycles. The molecule has 0 unspecified atom stereocenters. The van der Waals surface area contributed by atoms with Crippen molar-refractivity contribution >= 4 is 27.4 Å². The first-order chi connectivity index (χ1) is 15.1. The third-order valence-electron chi connectivity index (χ3n) is 4.93. The van der Waals surface area contributed by atoms with Crippen LogP contribution in [0.1, 0.15) is 31.4 Å². The first-order valence-corrected chi connectivity index (χ1v) is 12.6. The molecule has 9 heteroatoms. The highest BCUT2D eigenvalue weighted by Crippen LogP contribution is 2.37. The molecule has 2 rings (SSSR count). The number of ether oxygens (including phenoxy) is 3. The van der Waals surface area contributed by atoms with E-state index in [1.807, 2.05) is 30.3 Å². The van der Waals surface area contributed by atoms with Crippen LogP contribution in [0.2, 0.25) is 0 Å². The maximum absolute atomic E-state index is 11.8. The Morgan fingerprint density at radius 3 is 2.28 bits per heavy atom. The summed E-state index contributed by atoms with van der Waals surface area (Å²) in [6.07, 6.45) is 1.76. The van der Waals surface area contributed by atoms with E-state index in [0.29, 0.717) is 29.7 Å². The van der Waals surface area contributed by atoms with Crippen molar-refractivity contribution in [1.82, 2.24) is 4.72 Å². The zero-order valence-corrected chi connectivity index (χ0v) is 20.4. The van der Waals surface area contributed by atoms with Gasteiger partial charge in [0.15, 0.2) is 17.3 Å². The Hall–Kier alpha value is -2.29. The molecular weight excluding hydrogens is 454 g/mol. The number of hydrogen-bond acceptors (Lipinski definition) is 6. The third-order valence-corrected chi connectivity index (χ3v) is 5.86. The van der Waals surface area contributed by atoms with E-state index in [-0.39, 0.29) is 24.3 Å². The minimum atomic E-state index is -3.41. The van der Waals surface area contributed by atoms with Gasteiger partial charge in [-0.05, 0) is 41.8 Å². The summed E-state index contributed by atoms with van der Waals surface area (Å²) in [7, 11) is -1.80. The van der Waals surface area contributed by atoms with Gasteiger partial charge in [0.2, 0.25) is 10.0 Å². The maximum Gasteiger partial charge on any atom is 0.209 e. The van der Waals surface area contributed by atoms with Crippen LogP contribution in [0.3, 0.4) is 0 Å². The number of ketones is 1. The number of nitrogens with one attached hydrogen (secondary N) is 1. The quantitative estimate of drug-likeness (QED) is 0.346. The minimum Gasteiger partial charge on any atom is -0.493 e. The molecule has 0 fully saturated rings. The number of sulfonamides is 1. The van der Waals surface area contributed by atoms with Crippen LogP contribution < -0.4 is 18.9 Å². The number of Topliss-reactive ketones (excluding diaryl/α,β-unsaturated/α-hetero) is 1. The summed E-state index contributed by atoms with van der Waals surface area (Å²) in [5.74, 6) is 2.04. The Bertz CT molecular complexity index is 1010. The lowest BCUT2D eigenvalue weighted by Crippen LogP contribution is -2.31. The number of halogens is 1. The predicted octanol–water partition coefficient (Wildman–Crippen LogP) is 3.53. The number of benzene rings is 2. The van der Waals surface area contributed by atoms with Crippen LogP contribution in [0.5, 0.6) is 17.2 Å². The van der Waals surface area contributed by atoms with Crippen molar-refractivity contribution < 1.29 is 27.4 Å². The molecule has 176 valence electrons. The molecule has 1 N–H and O–H groups in total. The largest absolute Gasteiger partial charge is 0.493 e. The molecule has 0 spiro atoms. The number of carbonyl (C=O) groups excluding carboxylic acids is 1. The lowest BCUT2D eigenvalue weighted by atomic mass is 9.78. The highest BCUT2D eigenvalue weighted by molar-refractivity contribution is 7.88. The van der Waals surface area contributed by atoms with Gasteiger partial charge in [-0.1, -0.05) is 32.0 Å². The van der Waals surface area contributed by atoms with Crippen molar-refractivity contribution in [3.63, 3.8) is 0 Å². The van der Waals surface area contributed by atoms with E-state index in [1.165, 1.54) is 0 Å². The lowest BCUT2D eigenvalue weighted by Gasteiger charge is -2.27. The van der Waals surface area contributed by atoms with Gasteiger partial charge in [0.05, 0.1) is 26.5 Å². The van der Waals surface area contributed by atoms with Crippen molar-refractivity contribution in [2.45, 2.75) is 25.7 Å². The van der Waals surface area contributed by atoms with Crippen LogP contribution in [0.25, 0.3) is 0 Å². The Balaban J connectivity index is 2.06. The second-order valence-electron chi connectivity index (χ2n) is 7.83. The van der Waals surface area contributed by atoms with Gasteiger partial charge in [-0.25, -0.2) is 13.1 Å². The standard InChI is InChI=1S/C23H30ClNO6S/c1-23(2,18-8-11-21(22(14-18)29-3)30-13-5-12-24)17-6-9-20(10-7-17)31-16-19(26)15-25-32(4,27)28/h6-11,14,25H,5,12-13,15-16H2,1-4H3. The Labute approximate surface area is 195 Å². The van der Waals surface area contributed by atoms with E-state index in [0.717, 1.165) is 23.8 Å². The molecular formula is C23H30ClNO6S. The van der Waals surface area contributed by atoms with Crippen molar-refractivity contribution in [1.29, 1.82) is 0 Å². The van der Waals surface area contributed by atoms with Crippen molar-refractivity contribution in [3.05, 3.63) is 53.6 Å². The van der Waals surface area contributed by atoms with Gasteiger partial charge in [-0.3, -0.25) is 4.79 Å². The Morgan fingerprint density at radius 2 is 1.69 bits per heavy atom. The molecule has 0 saturated carbocycles. The van der Waals surface area contributed by atoms with E-state index >= 15 is 0 Å². The molecule has 7 nitrogen and oxygen atoms in total. The van der Waals surface area contributed by atoms with Crippen LogP contribution in [0.4, 0.5) is 0 Å². The normalized spacial score (nSPS) is 11.8. The zero-order chi connectivity index (χ0) is 23.8. The fraction of sp³-hybridized carbons (Fsp3) is 0.435. The number of hydrogen-bond donors (Lipinski definition) is 1. The van der Waals surface area contributed by atoms with Crippen molar-refractivity contribution in [3.8, 4) is 17.2 Å². The third kappa shape index (κ3) is 7.69. The number of methoxy groups -OCH3 is 1. The molecule has 2 aromatic carbocycles. The summed E-state index contributed by atoms with van der Waals surface area (Å²) in [6.45, 7) is 4.22. The van der Waals surface area contributed by atoms with Crippen LogP contribution in [0.15, 0.2) is 42.5 Å². The van der Waals surface area contributed by atoms with Crippen LogP contribution >= 0.6 is 11.6 Å². The van der Waals surface area contributed by atoms with Crippen molar-refractivity contribution in [2.24, 2.45) is 0 Å². The smallest absolute Gasteiger partial charge is 0.209 e. The fourth-order valence-electron chi connectivity index (χ4n) is 2.97. The van der Waals surface area contributed by atoms with Crippen LogP contribution in [-0.4, -0.2) is 53.2 Å². The molecule has 0 atom stereocenters. The molecule has 0 bridgehead atoms. The van der Waals surface area contributed by atoms with E-state index in [9.17, 15) is 13.2 Å². The van der Waals surface area contributed by atoms with Crippen molar-refractivity contribution in [2.75, 3.05) is 39.0 Å². The monoisotopic (exact) mass is 483 g/mol. The number of rotatable bonds is 13. The molecule has 0 aromatic heterocycles. The summed E-state index contributed by atoms with van der Waals surface area (Å²) >= 11 is 5.71. The van der Waals surface area contributed by atoms with E-state index in [2.05, 4.69) is 18.6 Å². The van der Waals surface area contributed by atoms with Crippen LogP contribution in [-0.2, 0) is 20.2 Å². The van der Waals surface area contributed by atoms with E-state index in [1.54, 1.807) is 19.2 Å². The highest BCUT2D eigenvalue weighted by Gasteiger charge is 2.24. The van der Waals surface area contributed by atoms with Gasteiger partial charge in [-0.2, -0.15) is 0 Å². The summed E-state index contributed by atoms with van der Waals surface area (Å²) in [5, 5.41) is 0. The van der Waals surface area contributed by atoms with Gasteiger partial charge < -0.3 is 14.2 Å². The molecule has 2 aromatic rings. The Morgan fingerprint density at radius 1 is 1.03 bits per heavy atom. The van der Waals surface area contributed by atoms with Gasteiger partial charge in [-0.15, -0.1) is 11.6 Å². The molecule has 0 aliphatic carbocycles. The van der Waals surface area contributed by atoms with E-state index < -0.39 is 10.0 Å².